The van der Waals surface area contributed by atoms with E-state index in [2.05, 4.69) is 15.3 Å². The molecule has 5 atom stereocenters. The molecule has 2 N–H and O–H groups in total. The van der Waals surface area contributed by atoms with Gasteiger partial charge in [-0.1, -0.05) is 0 Å². The van der Waals surface area contributed by atoms with Gasteiger partial charge in [-0.25, -0.2) is 9.97 Å². The fourth-order valence-electron chi connectivity index (χ4n) is 3.43. The smallest absolute Gasteiger partial charge is 0.181 e. The van der Waals surface area contributed by atoms with Crippen molar-refractivity contribution in [2.75, 3.05) is 6.61 Å². The number of aliphatic hydroxyl groups is 1. The second-order valence-corrected chi connectivity index (χ2v) is 6.10. The van der Waals surface area contributed by atoms with Crippen LogP contribution in [0.25, 0.3) is 0 Å². The second-order valence-electron chi connectivity index (χ2n) is 6.10. The Morgan fingerprint density at radius 2 is 2.17 bits per heavy atom. The van der Waals surface area contributed by atoms with Gasteiger partial charge < -0.3 is 29.0 Å². The Hall–Kier alpha value is -1.74. The van der Waals surface area contributed by atoms with Gasteiger partial charge in [-0.15, -0.1) is 0 Å². The predicted molar refractivity (Wildman–Crippen MR) is 80.5 cm³/mol. The standard InChI is InChI=1S/C15H21N5O3/c1-9-16-4-6-20(9)13-14(21)12(10-8-22-15(13)23-10)18-7-11-17-3-5-19(11)2/h3-6,10,12-15,18,21H,7-8H2,1-2H3. The van der Waals surface area contributed by atoms with Gasteiger partial charge in [0.2, 0.25) is 0 Å². The minimum Gasteiger partial charge on any atom is -0.389 e. The zero-order valence-electron chi connectivity index (χ0n) is 13.2. The summed E-state index contributed by atoms with van der Waals surface area (Å²) in [7, 11) is 1.95. The first kappa shape index (κ1) is 14.8. The summed E-state index contributed by atoms with van der Waals surface area (Å²) in [6.45, 7) is 2.94. The highest BCUT2D eigenvalue weighted by Crippen LogP contribution is 2.36. The van der Waals surface area contributed by atoms with Crippen LogP contribution in [0.4, 0.5) is 0 Å². The van der Waals surface area contributed by atoms with Crippen LogP contribution in [-0.4, -0.2) is 55.4 Å². The summed E-state index contributed by atoms with van der Waals surface area (Å²) in [6.07, 6.45) is 6.01. The Morgan fingerprint density at radius 3 is 2.87 bits per heavy atom. The molecule has 8 nitrogen and oxygen atoms in total. The van der Waals surface area contributed by atoms with Crippen molar-refractivity contribution in [3.05, 3.63) is 36.4 Å². The quantitative estimate of drug-likeness (QED) is 0.807. The molecule has 0 spiro atoms. The van der Waals surface area contributed by atoms with Gasteiger partial charge in [-0.2, -0.15) is 0 Å². The molecule has 0 radical (unpaired) electrons. The third-order valence-corrected chi connectivity index (χ3v) is 4.73. The summed E-state index contributed by atoms with van der Waals surface area (Å²) in [6, 6.07) is -0.535. The van der Waals surface area contributed by atoms with Crippen LogP contribution in [0.3, 0.4) is 0 Å². The largest absolute Gasteiger partial charge is 0.389 e. The summed E-state index contributed by atoms with van der Waals surface area (Å²) >= 11 is 0. The summed E-state index contributed by atoms with van der Waals surface area (Å²) in [5, 5.41) is 14.3. The minimum absolute atomic E-state index is 0.157. The zero-order chi connectivity index (χ0) is 16.0. The van der Waals surface area contributed by atoms with Gasteiger partial charge in [0, 0.05) is 31.8 Å². The third kappa shape index (κ3) is 2.47. The van der Waals surface area contributed by atoms with Crippen molar-refractivity contribution >= 4 is 0 Å². The predicted octanol–water partition coefficient (Wildman–Crippen LogP) is -0.259. The molecule has 2 fully saturated rings. The number of nitrogens with zero attached hydrogens (tertiary/aromatic N) is 4. The first-order valence-corrected chi connectivity index (χ1v) is 7.79. The summed E-state index contributed by atoms with van der Waals surface area (Å²) in [4.78, 5) is 8.54. The maximum Gasteiger partial charge on any atom is 0.181 e. The number of imidazole rings is 2. The van der Waals surface area contributed by atoms with Crippen LogP contribution in [0.5, 0.6) is 0 Å². The number of ether oxygens (including phenoxy) is 2. The average molecular weight is 319 g/mol. The van der Waals surface area contributed by atoms with Crippen molar-refractivity contribution in [1.82, 2.24) is 24.4 Å². The maximum atomic E-state index is 10.9. The van der Waals surface area contributed by atoms with E-state index in [0.29, 0.717) is 13.2 Å². The number of aliphatic hydroxyl groups excluding tert-OH is 1. The Balaban J connectivity index is 1.55. The molecule has 124 valence electrons. The Labute approximate surface area is 134 Å². The number of fused-ring (bicyclic) bond motifs is 2. The second kappa shape index (κ2) is 5.72. The lowest BCUT2D eigenvalue weighted by atomic mass is 9.95. The van der Waals surface area contributed by atoms with Gasteiger partial charge in [0.05, 0.1) is 25.3 Å². The molecule has 2 aromatic heterocycles. The van der Waals surface area contributed by atoms with Crippen molar-refractivity contribution in [1.29, 1.82) is 0 Å². The van der Waals surface area contributed by atoms with Crippen molar-refractivity contribution in [3.8, 4) is 0 Å². The molecular weight excluding hydrogens is 298 g/mol. The van der Waals surface area contributed by atoms with E-state index < -0.39 is 12.4 Å². The molecule has 4 heterocycles. The van der Waals surface area contributed by atoms with Crippen LogP contribution >= 0.6 is 0 Å². The highest BCUT2D eigenvalue weighted by atomic mass is 16.7. The Bertz CT molecular complexity index is 684. The zero-order valence-corrected chi connectivity index (χ0v) is 13.2. The molecule has 2 aliphatic rings. The molecule has 5 unspecified atom stereocenters. The van der Waals surface area contributed by atoms with Crippen LogP contribution in [0.15, 0.2) is 24.8 Å². The van der Waals surface area contributed by atoms with Crippen molar-refractivity contribution in [2.24, 2.45) is 7.05 Å². The normalized spacial score (nSPS) is 33.3. The monoisotopic (exact) mass is 319 g/mol. The van der Waals surface area contributed by atoms with Crippen LogP contribution in [-0.2, 0) is 23.1 Å². The van der Waals surface area contributed by atoms with Gasteiger partial charge in [-0.05, 0) is 6.92 Å². The number of hydrogen-bond donors (Lipinski definition) is 2. The van der Waals surface area contributed by atoms with Crippen LogP contribution < -0.4 is 5.32 Å². The SMILES string of the molecule is Cc1nccn1C1C2OCC(O2)C(NCc2nccn2C)C1O. The fourth-order valence-corrected chi connectivity index (χ4v) is 3.43. The van der Waals surface area contributed by atoms with Crippen molar-refractivity contribution in [3.63, 3.8) is 0 Å². The first-order chi connectivity index (χ1) is 11.1. The molecule has 4 rings (SSSR count). The van der Waals surface area contributed by atoms with Gasteiger partial charge in [0.25, 0.3) is 0 Å². The average Bonchev–Trinajstić information content (AvgIpc) is 3.23. The molecule has 2 saturated heterocycles. The van der Waals surface area contributed by atoms with Crippen LogP contribution in [0.2, 0.25) is 0 Å². The van der Waals surface area contributed by atoms with E-state index in [-0.39, 0.29) is 18.2 Å². The minimum atomic E-state index is -0.630. The highest BCUT2D eigenvalue weighted by Gasteiger charge is 2.50. The third-order valence-electron chi connectivity index (χ3n) is 4.73. The van der Waals surface area contributed by atoms with E-state index in [9.17, 15) is 5.11 Å². The molecule has 0 aliphatic carbocycles. The van der Waals surface area contributed by atoms with Crippen molar-refractivity contribution < 1.29 is 14.6 Å². The highest BCUT2D eigenvalue weighted by molar-refractivity contribution is 5.05. The number of aromatic nitrogens is 4. The molecule has 8 heteroatoms. The molecule has 23 heavy (non-hydrogen) atoms. The molecule has 0 aromatic carbocycles. The van der Waals surface area contributed by atoms with E-state index in [4.69, 9.17) is 9.47 Å². The molecule has 0 amide bonds. The number of aryl methyl sites for hydroxylation is 2. The first-order valence-electron chi connectivity index (χ1n) is 7.79. The Kier molecular flexibility index (Phi) is 3.68. The lowest BCUT2D eigenvalue weighted by Crippen LogP contribution is -2.57. The number of rotatable bonds is 4. The van der Waals surface area contributed by atoms with E-state index in [1.807, 2.05) is 35.5 Å². The van der Waals surface area contributed by atoms with Gasteiger partial charge in [-0.3, -0.25) is 0 Å². The number of hydrogen-bond acceptors (Lipinski definition) is 6. The van der Waals surface area contributed by atoms with Gasteiger partial charge >= 0.3 is 0 Å². The lowest BCUT2D eigenvalue weighted by Gasteiger charge is -2.39. The van der Waals surface area contributed by atoms with Gasteiger partial charge in [0.1, 0.15) is 23.8 Å². The Morgan fingerprint density at radius 1 is 1.35 bits per heavy atom. The summed E-state index contributed by atoms with van der Waals surface area (Å²) in [5.41, 5.74) is 0. The number of nitrogens with one attached hydrogen (secondary N) is 1. The van der Waals surface area contributed by atoms with E-state index in [1.165, 1.54) is 0 Å². The molecule has 2 aliphatic heterocycles. The molecule has 2 aromatic rings. The molecular formula is C15H21N5O3. The van der Waals surface area contributed by atoms with Gasteiger partial charge in [0.15, 0.2) is 6.29 Å². The van der Waals surface area contributed by atoms with Crippen LogP contribution in [0.1, 0.15) is 17.7 Å². The molecule has 2 bridgehead atoms. The van der Waals surface area contributed by atoms with E-state index >= 15 is 0 Å². The van der Waals surface area contributed by atoms with Crippen LogP contribution in [0, 0.1) is 6.92 Å². The van der Waals surface area contributed by atoms with E-state index in [0.717, 1.165) is 11.6 Å². The summed E-state index contributed by atoms with van der Waals surface area (Å²) in [5.74, 6) is 1.74. The molecule has 0 saturated carbocycles. The summed E-state index contributed by atoms with van der Waals surface area (Å²) < 4.78 is 15.6. The van der Waals surface area contributed by atoms with E-state index in [1.54, 1.807) is 12.4 Å². The fraction of sp³-hybridized carbons (Fsp3) is 0.600. The van der Waals surface area contributed by atoms with Crippen molar-refractivity contribution in [2.45, 2.75) is 44.1 Å². The topological polar surface area (TPSA) is 86.4 Å². The lowest BCUT2D eigenvalue weighted by molar-refractivity contribution is -0.166. The maximum absolute atomic E-state index is 10.9.